The van der Waals surface area contributed by atoms with Crippen molar-refractivity contribution in [2.24, 2.45) is 5.92 Å². The Balaban J connectivity index is 3.05. The van der Waals surface area contributed by atoms with E-state index >= 15 is 0 Å². The van der Waals surface area contributed by atoms with E-state index in [2.05, 4.69) is 4.72 Å². The number of hydrogen-bond donors (Lipinski definition) is 3. The lowest BCUT2D eigenvalue weighted by atomic mass is 10.0. The Morgan fingerprint density at radius 2 is 1.77 bits per heavy atom. The molecule has 0 saturated heterocycles. The third-order valence-corrected chi connectivity index (χ3v) is 6.23. The van der Waals surface area contributed by atoms with E-state index < -0.39 is 22.0 Å². The van der Waals surface area contributed by atoms with Crippen LogP contribution in [0.1, 0.15) is 26.7 Å². The average Bonchev–Trinajstić information content (AvgIpc) is 2.39. The number of nitrogen functional groups attached to an aromatic ring is 1. The molecule has 0 unspecified atom stereocenters. The molecule has 0 radical (unpaired) electrons. The van der Waals surface area contributed by atoms with Gasteiger partial charge >= 0.3 is 5.97 Å². The number of nitrogens with one attached hydrogen (secondary N) is 1. The molecule has 1 atom stereocenters. The van der Waals surface area contributed by atoms with Crippen molar-refractivity contribution in [2.45, 2.75) is 37.6 Å². The highest BCUT2D eigenvalue weighted by molar-refractivity contribution is 14.1. The molecule has 9 heteroatoms. The third kappa shape index (κ3) is 5.49. The van der Waals surface area contributed by atoms with Crippen LogP contribution in [0.3, 0.4) is 0 Å². The van der Waals surface area contributed by atoms with Crippen LogP contribution in [0.5, 0.6) is 0 Å². The zero-order chi connectivity index (χ0) is 17.1. The van der Waals surface area contributed by atoms with Gasteiger partial charge in [0.05, 0.1) is 10.6 Å². The van der Waals surface area contributed by atoms with E-state index in [9.17, 15) is 18.3 Å². The van der Waals surface area contributed by atoms with Crippen LogP contribution < -0.4 is 10.5 Å². The van der Waals surface area contributed by atoms with Gasteiger partial charge in [0.1, 0.15) is 6.04 Å². The molecule has 4 N–H and O–H groups in total. The average molecular weight is 552 g/mol. The first-order valence-corrected chi connectivity index (χ1v) is 10.2. The van der Waals surface area contributed by atoms with Crippen LogP contribution in [0.15, 0.2) is 17.0 Å². The van der Waals surface area contributed by atoms with E-state index in [4.69, 9.17) is 5.73 Å². The molecule has 0 fully saturated rings. The fourth-order valence-electron chi connectivity index (χ4n) is 1.70. The number of carbonyl (C=O) groups is 1. The van der Waals surface area contributed by atoms with Gasteiger partial charge in [-0.2, -0.15) is 4.72 Å². The first-order chi connectivity index (χ1) is 10.0. The number of benzene rings is 1. The first-order valence-electron chi connectivity index (χ1n) is 6.54. The number of anilines is 1. The number of sulfonamides is 1. The first kappa shape index (κ1) is 19.9. The van der Waals surface area contributed by atoms with Gasteiger partial charge in [-0.1, -0.05) is 13.8 Å². The van der Waals surface area contributed by atoms with E-state index in [1.165, 1.54) is 12.1 Å². The molecule has 0 aliphatic rings. The predicted molar refractivity (Wildman–Crippen MR) is 102 cm³/mol. The van der Waals surface area contributed by atoms with Crippen molar-refractivity contribution in [3.8, 4) is 0 Å². The van der Waals surface area contributed by atoms with Crippen LogP contribution >= 0.6 is 45.2 Å². The third-order valence-electron chi connectivity index (χ3n) is 2.99. The highest BCUT2D eigenvalue weighted by Gasteiger charge is 2.26. The van der Waals surface area contributed by atoms with Crippen LogP contribution in [0.25, 0.3) is 0 Å². The van der Waals surface area contributed by atoms with Crippen molar-refractivity contribution < 1.29 is 18.3 Å². The Morgan fingerprint density at radius 1 is 1.27 bits per heavy atom. The quantitative estimate of drug-likeness (QED) is 0.356. The Kier molecular flexibility index (Phi) is 7.33. The summed E-state index contributed by atoms with van der Waals surface area (Å²) in [6.45, 7) is 3.91. The number of halogens is 2. The second-order valence-electron chi connectivity index (χ2n) is 5.28. The molecule has 0 bridgehead atoms. The molecular weight excluding hydrogens is 534 g/mol. The SMILES string of the molecule is CC(C)CC[C@@H](NS(=O)(=O)c1cc(I)c(N)c(I)c1)C(=O)O. The Bertz CT molecular complexity index is 639. The summed E-state index contributed by atoms with van der Waals surface area (Å²) < 4.78 is 28.3. The van der Waals surface area contributed by atoms with Crippen molar-refractivity contribution >= 4 is 66.9 Å². The molecule has 0 amide bonds. The molecule has 1 aromatic carbocycles. The van der Waals surface area contributed by atoms with Gasteiger partial charge in [0.15, 0.2) is 0 Å². The van der Waals surface area contributed by atoms with E-state index in [1.807, 2.05) is 59.0 Å². The summed E-state index contributed by atoms with van der Waals surface area (Å²) in [6, 6.07) is 1.73. The molecule has 1 rings (SSSR count). The topological polar surface area (TPSA) is 109 Å². The van der Waals surface area contributed by atoms with Gasteiger partial charge in [0.2, 0.25) is 10.0 Å². The molecule has 6 nitrogen and oxygen atoms in total. The zero-order valence-electron chi connectivity index (χ0n) is 12.1. The van der Waals surface area contributed by atoms with Crippen LogP contribution in [0, 0.1) is 13.1 Å². The molecule has 0 heterocycles. The van der Waals surface area contributed by atoms with Gasteiger partial charge in [-0.3, -0.25) is 4.79 Å². The molecule has 0 aromatic heterocycles. The maximum atomic E-state index is 12.4. The lowest BCUT2D eigenvalue weighted by Gasteiger charge is -2.16. The van der Waals surface area contributed by atoms with Gasteiger partial charge < -0.3 is 10.8 Å². The zero-order valence-corrected chi connectivity index (χ0v) is 17.3. The maximum absolute atomic E-state index is 12.4. The second kappa shape index (κ2) is 8.11. The monoisotopic (exact) mass is 552 g/mol. The molecule has 1 aromatic rings. The summed E-state index contributed by atoms with van der Waals surface area (Å²) in [7, 11) is -3.91. The molecular formula is C13H18I2N2O4S. The number of rotatable bonds is 7. The number of nitrogens with two attached hydrogens (primary N) is 1. The Hall–Kier alpha value is -0.140. The largest absolute Gasteiger partial charge is 0.480 e. The summed E-state index contributed by atoms with van der Waals surface area (Å²) in [6.07, 6.45) is 0.867. The molecule has 0 aliphatic carbocycles. The van der Waals surface area contributed by atoms with Crippen molar-refractivity contribution in [3.63, 3.8) is 0 Å². The Labute approximate surface area is 157 Å². The normalized spacial score (nSPS) is 13.3. The maximum Gasteiger partial charge on any atom is 0.321 e. The van der Waals surface area contributed by atoms with E-state index in [-0.39, 0.29) is 11.3 Å². The van der Waals surface area contributed by atoms with E-state index in [0.717, 1.165) is 0 Å². The number of carboxylic acids is 1. The molecule has 0 spiro atoms. The van der Waals surface area contributed by atoms with E-state index in [1.54, 1.807) is 0 Å². The van der Waals surface area contributed by atoms with Gasteiger partial charge in [-0.25, -0.2) is 8.42 Å². The van der Waals surface area contributed by atoms with Crippen LogP contribution in [0.2, 0.25) is 0 Å². The molecule has 22 heavy (non-hydrogen) atoms. The fraction of sp³-hybridized carbons (Fsp3) is 0.462. The summed E-state index contributed by atoms with van der Waals surface area (Å²) >= 11 is 3.90. The lowest BCUT2D eigenvalue weighted by molar-refractivity contribution is -0.139. The van der Waals surface area contributed by atoms with Crippen LogP contribution in [-0.4, -0.2) is 25.5 Å². The molecule has 124 valence electrons. The highest BCUT2D eigenvalue weighted by atomic mass is 127. The molecule has 0 aliphatic heterocycles. The fourth-order valence-corrected chi connectivity index (χ4v) is 5.17. The van der Waals surface area contributed by atoms with Gasteiger partial charge in [-0.15, -0.1) is 0 Å². The summed E-state index contributed by atoms with van der Waals surface area (Å²) in [5.41, 5.74) is 6.31. The summed E-state index contributed by atoms with van der Waals surface area (Å²) in [5.74, 6) is -0.881. The smallest absolute Gasteiger partial charge is 0.321 e. The minimum Gasteiger partial charge on any atom is -0.480 e. The second-order valence-corrected chi connectivity index (χ2v) is 9.32. The number of carboxylic acid groups (broad SMARTS) is 1. The molecule has 0 saturated carbocycles. The van der Waals surface area contributed by atoms with Crippen molar-refractivity contribution in [2.75, 3.05) is 5.73 Å². The van der Waals surface area contributed by atoms with Crippen molar-refractivity contribution in [3.05, 3.63) is 19.3 Å². The lowest BCUT2D eigenvalue weighted by Crippen LogP contribution is -2.40. The Morgan fingerprint density at radius 3 is 2.18 bits per heavy atom. The van der Waals surface area contributed by atoms with Crippen LogP contribution in [0.4, 0.5) is 5.69 Å². The number of aliphatic carboxylic acids is 1. The summed E-state index contributed by atoms with van der Waals surface area (Å²) in [4.78, 5) is 11.3. The van der Waals surface area contributed by atoms with Crippen molar-refractivity contribution in [1.29, 1.82) is 0 Å². The van der Waals surface area contributed by atoms with Crippen LogP contribution in [-0.2, 0) is 14.8 Å². The van der Waals surface area contributed by atoms with Gasteiger partial charge in [0, 0.05) is 7.14 Å². The minimum absolute atomic E-state index is 0.0197. The van der Waals surface area contributed by atoms with Gasteiger partial charge in [-0.05, 0) is 76.1 Å². The summed E-state index contributed by atoms with van der Waals surface area (Å²) in [5, 5.41) is 9.20. The standard InChI is InChI=1S/C13H18I2N2O4S/c1-7(2)3-4-11(13(18)19)17-22(20,21)8-5-9(14)12(16)10(15)6-8/h5-7,11,17H,3-4,16H2,1-2H3,(H,18,19)/t11-/m1/s1. The van der Waals surface area contributed by atoms with Crippen molar-refractivity contribution in [1.82, 2.24) is 4.72 Å². The highest BCUT2D eigenvalue weighted by Crippen LogP contribution is 2.26. The predicted octanol–water partition coefficient (Wildman–Crippen LogP) is 2.65. The van der Waals surface area contributed by atoms with E-state index in [0.29, 0.717) is 25.2 Å². The van der Waals surface area contributed by atoms with Gasteiger partial charge in [0.25, 0.3) is 0 Å². The minimum atomic E-state index is -3.91. The number of hydrogen-bond acceptors (Lipinski definition) is 4.